The van der Waals surface area contributed by atoms with Crippen molar-refractivity contribution in [2.75, 3.05) is 0 Å². The number of rotatable bonds is 2. The van der Waals surface area contributed by atoms with E-state index in [9.17, 15) is 4.79 Å². The second-order valence-corrected chi connectivity index (χ2v) is 4.88. The van der Waals surface area contributed by atoms with Crippen LogP contribution >= 0.6 is 0 Å². The molecule has 24 heavy (non-hydrogen) atoms. The normalized spacial score (nSPS) is 14.2. The first-order chi connectivity index (χ1) is 11.3. The third-order valence-electron chi connectivity index (χ3n) is 3.19. The Balaban J connectivity index is 0.000000300. The minimum atomic E-state index is -0.407. The van der Waals surface area contributed by atoms with Gasteiger partial charge in [-0.25, -0.2) is 34.1 Å². The summed E-state index contributed by atoms with van der Waals surface area (Å²) in [5.41, 5.74) is 2.08. The molecule has 1 aliphatic heterocycles. The third-order valence-corrected chi connectivity index (χ3v) is 3.19. The smallest absolute Gasteiger partial charge is 0.414 e. The van der Waals surface area contributed by atoms with E-state index in [1.807, 2.05) is 84.9 Å². The topological polar surface area (TPSA) is 38.7 Å². The van der Waals surface area contributed by atoms with E-state index in [1.165, 1.54) is 0 Å². The number of esters is 1. The van der Waals surface area contributed by atoms with Crippen LogP contribution in [0, 0.1) is 0 Å². The van der Waals surface area contributed by atoms with Gasteiger partial charge >= 0.3 is 23.0 Å². The summed E-state index contributed by atoms with van der Waals surface area (Å²) in [7, 11) is 0. The molecule has 0 bridgehead atoms. The van der Waals surface area contributed by atoms with E-state index >= 15 is 0 Å². The molecule has 0 saturated heterocycles. The SMILES string of the molecule is O=C1OC([c-]2cccc2)=NC1=Cc1ccccc1.[Fe+2].c1cc[cH-]c1. The van der Waals surface area contributed by atoms with Crippen LogP contribution in [0.5, 0.6) is 0 Å². The summed E-state index contributed by atoms with van der Waals surface area (Å²) in [6.45, 7) is 0. The van der Waals surface area contributed by atoms with E-state index in [1.54, 1.807) is 6.08 Å². The Labute approximate surface area is 151 Å². The molecule has 0 radical (unpaired) electrons. The van der Waals surface area contributed by atoms with Gasteiger partial charge in [0.1, 0.15) is 0 Å². The molecular formula is C20H15FeNO2. The van der Waals surface area contributed by atoms with E-state index in [2.05, 4.69) is 4.99 Å². The molecule has 0 N–H and O–H groups in total. The number of nitrogens with zero attached hydrogens (tertiary/aromatic N) is 1. The van der Waals surface area contributed by atoms with Gasteiger partial charge in [-0.2, -0.15) is 30.3 Å². The third kappa shape index (κ3) is 4.66. The van der Waals surface area contributed by atoms with Gasteiger partial charge in [-0.15, -0.1) is 0 Å². The van der Waals surface area contributed by atoms with E-state index in [0.717, 1.165) is 11.1 Å². The van der Waals surface area contributed by atoms with Crippen molar-refractivity contribution in [1.29, 1.82) is 0 Å². The maximum atomic E-state index is 11.7. The number of carbonyl (C=O) groups is 1. The van der Waals surface area contributed by atoms with Crippen LogP contribution in [0.25, 0.3) is 6.08 Å². The maximum absolute atomic E-state index is 11.7. The number of benzene rings is 1. The molecule has 0 fully saturated rings. The van der Waals surface area contributed by atoms with E-state index in [0.29, 0.717) is 11.6 Å². The summed E-state index contributed by atoms with van der Waals surface area (Å²) in [4.78, 5) is 15.9. The molecule has 3 aromatic carbocycles. The first-order valence-electron chi connectivity index (χ1n) is 7.29. The standard InChI is InChI=1S/C15H10NO2.C5H5.Fe/c17-15-13(10-11-6-2-1-3-7-11)16-14(18-15)12-8-4-5-9-12;1-2-4-5-3-1;/h1-10H;1-5H;/q2*-1;+2. The predicted molar refractivity (Wildman–Crippen MR) is 91.1 cm³/mol. The second kappa shape index (κ2) is 8.82. The van der Waals surface area contributed by atoms with Gasteiger partial charge in [-0.1, -0.05) is 35.9 Å². The molecular weight excluding hydrogens is 342 g/mol. The average Bonchev–Trinajstić information content (AvgIpc) is 3.33. The van der Waals surface area contributed by atoms with Crippen LogP contribution in [0.3, 0.4) is 0 Å². The Morgan fingerprint density at radius 3 is 2.21 bits per heavy atom. The summed E-state index contributed by atoms with van der Waals surface area (Å²) in [5.74, 6) is -0.0396. The number of hydrogen-bond acceptors (Lipinski definition) is 3. The van der Waals surface area contributed by atoms with Crippen LogP contribution in [0.4, 0.5) is 0 Å². The molecule has 0 aromatic heterocycles. The largest absolute Gasteiger partial charge is 2.00 e. The predicted octanol–water partition coefficient (Wildman–Crippen LogP) is 4.15. The minimum Gasteiger partial charge on any atom is -0.414 e. The molecule has 0 spiro atoms. The van der Waals surface area contributed by atoms with Crippen LogP contribution < -0.4 is 0 Å². The summed E-state index contributed by atoms with van der Waals surface area (Å²) in [6, 6.07) is 27.0. The molecule has 4 heteroatoms. The Morgan fingerprint density at radius 2 is 1.62 bits per heavy atom. The molecule has 1 aliphatic rings. The zero-order valence-electron chi connectivity index (χ0n) is 12.8. The van der Waals surface area contributed by atoms with E-state index in [4.69, 9.17) is 4.74 Å². The summed E-state index contributed by atoms with van der Waals surface area (Å²) < 4.78 is 5.13. The van der Waals surface area contributed by atoms with Crippen molar-refractivity contribution in [3.05, 3.63) is 102 Å². The summed E-state index contributed by atoms with van der Waals surface area (Å²) in [6.07, 6.45) is 1.72. The molecule has 0 unspecified atom stereocenters. The second-order valence-electron chi connectivity index (χ2n) is 4.88. The van der Waals surface area contributed by atoms with Crippen molar-refractivity contribution in [2.45, 2.75) is 0 Å². The van der Waals surface area contributed by atoms with Crippen molar-refractivity contribution >= 4 is 17.9 Å². The molecule has 1 heterocycles. The van der Waals surface area contributed by atoms with Crippen LogP contribution in [0.1, 0.15) is 11.1 Å². The van der Waals surface area contributed by atoms with Crippen molar-refractivity contribution in [2.24, 2.45) is 4.99 Å². The number of hydrogen-bond donors (Lipinski definition) is 0. The molecule has 3 nitrogen and oxygen atoms in total. The summed E-state index contributed by atoms with van der Waals surface area (Å²) >= 11 is 0. The molecule has 0 aliphatic carbocycles. The van der Waals surface area contributed by atoms with Crippen molar-refractivity contribution < 1.29 is 26.6 Å². The van der Waals surface area contributed by atoms with Gasteiger partial charge < -0.3 is 4.74 Å². The van der Waals surface area contributed by atoms with Crippen molar-refractivity contribution in [3.63, 3.8) is 0 Å². The van der Waals surface area contributed by atoms with Crippen LogP contribution in [-0.2, 0) is 26.6 Å². The molecule has 0 amide bonds. The Kier molecular flexibility index (Phi) is 6.50. The molecule has 120 valence electrons. The first-order valence-corrected chi connectivity index (χ1v) is 7.29. The number of cyclic esters (lactones) is 1. The van der Waals surface area contributed by atoms with Crippen molar-refractivity contribution in [1.82, 2.24) is 0 Å². The van der Waals surface area contributed by atoms with E-state index < -0.39 is 5.97 Å². The van der Waals surface area contributed by atoms with Gasteiger partial charge in [0.05, 0.1) is 0 Å². The van der Waals surface area contributed by atoms with Gasteiger partial charge in [-0.3, -0.25) is 0 Å². The monoisotopic (exact) mass is 357 g/mol. The first kappa shape index (κ1) is 17.7. The van der Waals surface area contributed by atoms with Gasteiger partial charge in [-0.05, 0) is 11.6 Å². The van der Waals surface area contributed by atoms with Gasteiger partial charge in [0.25, 0.3) is 0 Å². The van der Waals surface area contributed by atoms with Crippen LogP contribution in [0.2, 0.25) is 0 Å². The van der Waals surface area contributed by atoms with Crippen LogP contribution in [0.15, 0.2) is 95.6 Å². The fourth-order valence-corrected chi connectivity index (χ4v) is 2.08. The van der Waals surface area contributed by atoms with Crippen LogP contribution in [-0.4, -0.2) is 11.9 Å². The Hall–Kier alpha value is -2.68. The molecule has 0 saturated carbocycles. The van der Waals surface area contributed by atoms with Gasteiger partial charge in [0, 0.05) is 0 Å². The maximum Gasteiger partial charge on any atom is 2.00 e. The minimum absolute atomic E-state index is 0. The fourth-order valence-electron chi connectivity index (χ4n) is 2.08. The molecule has 0 atom stereocenters. The number of carbonyl (C=O) groups excluding carboxylic acids is 1. The molecule has 3 aromatic rings. The quantitative estimate of drug-likeness (QED) is 0.299. The Bertz CT molecular complexity index is 784. The van der Waals surface area contributed by atoms with Crippen molar-refractivity contribution in [3.8, 4) is 0 Å². The number of ether oxygens (including phenoxy) is 1. The average molecular weight is 357 g/mol. The van der Waals surface area contributed by atoms with Gasteiger partial charge in [0.15, 0.2) is 11.6 Å². The zero-order valence-corrected chi connectivity index (χ0v) is 13.9. The zero-order chi connectivity index (χ0) is 15.9. The Morgan fingerprint density at radius 1 is 0.958 bits per heavy atom. The van der Waals surface area contributed by atoms with E-state index in [-0.39, 0.29) is 17.1 Å². The molecule has 4 rings (SSSR count). The fraction of sp³-hybridized carbons (Fsp3) is 0. The summed E-state index contributed by atoms with van der Waals surface area (Å²) in [5, 5.41) is 0. The number of aliphatic imine (C=N–C) groups is 1. The van der Waals surface area contributed by atoms with Gasteiger partial charge in [0.2, 0.25) is 0 Å².